The van der Waals surface area contributed by atoms with Crippen molar-refractivity contribution in [3.63, 3.8) is 0 Å². The predicted molar refractivity (Wildman–Crippen MR) is 320 cm³/mol. The number of amides is 10. The Morgan fingerprint density at radius 1 is 0.687 bits per heavy atom. The Labute approximate surface area is 493 Å². The monoisotopic (exact) mass is 1200 g/mol. The van der Waals surface area contributed by atoms with Gasteiger partial charge in [0.15, 0.2) is 5.96 Å². The van der Waals surface area contributed by atoms with Gasteiger partial charge in [-0.05, 0) is 55.7 Å². The average molecular weight is 1200 g/mol. The number of fused-ring (bicyclic) bond motifs is 2. The van der Waals surface area contributed by atoms with Crippen molar-refractivity contribution in [3.05, 3.63) is 90.1 Å². The van der Waals surface area contributed by atoms with Crippen molar-refractivity contribution in [3.8, 4) is 0 Å². The fourth-order valence-corrected chi connectivity index (χ4v) is 13.8. The molecule has 0 spiro atoms. The molecule has 7 rings (SSSR count). The summed E-state index contributed by atoms with van der Waals surface area (Å²) in [5.41, 5.74) is 19.6. The number of carbonyl (C=O) groups is 9. The van der Waals surface area contributed by atoms with Gasteiger partial charge in [0.25, 0.3) is 0 Å². The second-order valence-corrected chi connectivity index (χ2v) is 24.6. The number of H-pyrrole nitrogens is 2. The minimum absolute atomic E-state index is 0.00759. The molecule has 0 aliphatic carbocycles. The number of benzene rings is 2. The Morgan fingerprint density at radius 2 is 1.40 bits per heavy atom. The summed E-state index contributed by atoms with van der Waals surface area (Å²) in [6, 6.07) is 10.1. The summed E-state index contributed by atoms with van der Waals surface area (Å²) in [4.78, 5) is 139. The molecule has 0 bridgehead atoms. The number of primary amides is 1. The lowest BCUT2D eigenvalue weighted by Gasteiger charge is -2.30. The van der Waals surface area contributed by atoms with Crippen LogP contribution in [0.1, 0.15) is 81.0 Å². The standard InChI is InChI=1S/C55H76N16O9S3/c56-45(72)29-71-22-23-82-83-31-43(64-47(74)19-5-2-10-20-60-46(73)18-9-8-17-44-48-42(30-81-44)69-55(80)70-48)52(78)67-40(26-35-28-59-32-63-35)51(77)66-39(24-33-12-3-1-4-13-33)50(76)65-38(16-11-21-61-54(57)58)49(75)68-41(53(71)79)25-34-27-62-37-15-7-6-14-36(34)37/h1,3-4,6-7,12-15,27-28,32,38-44,48,62H,2,5,8-11,16-26,29-31H2,(H2,56,72)(H,59,63)(H,60,73)(H,64,74)(H,65,76)(H,66,77)(H,67,78)(H,68,75)(H4,57,58,61)(H2,69,70,80)/t38-,39+,40-,41-,42-,43-,44-,48-/m0/s1. The maximum Gasteiger partial charge on any atom is 0.315 e. The molecule has 8 atom stereocenters. The number of imidazole rings is 1. The van der Waals surface area contributed by atoms with Gasteiger partial charge in [-0.1, -0.05) is 83.0 Å². The zero-order chi connectivity index (χ0) is 59.1. The van der Waals surface area contributed by atoms with E-state index in [1.165, 1.54) is 39.0 Å². The number of nitrogens with two attached hydrogens (primary N) is 3. The van der Waals surface area contributed by atoms with Crippen LogP contribution in [0.3, 0.4) is 0 Å². The van der Waals surface area contributed by atoms with Crippen molar-refractivity contribution >= 4 is 104 Å². The average Bonchev–Trinajstić information content (AvgIpc) is 4.44. The molecule has 2 aromatic carbocycles. The number of thioether (sulfide) groups is 1. The maximum atomic E-state index is 14.8. The van der Waals surface area contributed by atoms with E-state index in [9.17, 15) is 43.2 Å². The van der Waals surface area contributed by atoms with Gasteiger partial charge in [-0.2, -0.15) is 11.8 Å². The van der Waals surface area contributed by atoms with Crippen molar-refractivity contribution in [1.82, 2.24) is 62.4 Å². The number of aromatic amines is 2. The van der Waals surface area contributed by atoms with E-state index in [1.54, 1.807) is 36.5 Å². The number of para-hydroxylation sites is 1. The summed E-state index contributed by atoms with van der Waals surface area (Å²) in [5.74, 6) is -3.89. The predicted octanol–water partition coefficient (Wildman–Crippen LogP) is 0.508. The van der Waals surface area contributed by atoms with Crippen LogP contribution in [0.5, 0.6) is 0 Å². The van der Waals surface area contributed by atoms with Gasteiger partial charge in [0.05, 0.1) is 25.0 Å². The number of aliphatic imine (C=N–C) groups is 1. The maximum absolute atomic E-state index is 14.8. The van der Waals surface area contributed by atoms with Crippen LogP contribution < -0.4 is 59.7 Å². The molecule has 448 valence electrons. The van der Waals surface area contributed by atoms with E-state index in [0.29, 0.717) is 54.3 Å². The molecule has 4 aromatic rings. The third-order valence-corrected chi connectivity index (χ3v) is 18.3. The lowest BCUT2D eigenvalue weighted by Crippen LogP contribution is -2.60. The third kappa shape index (κ3) is 20.1. The highest BCUT2D eigenvalue weighted by atomic mass is 33.1. The van der Waals surface area contributed by atoms with E-state index in [0.717, 1.165) is 35.9 Å². The topological polar surface area (TPSA) is 388 Å². The molecule has 16 N–H and O–H groups in total. The molecule has 0 radical (unpaired) electrons. The number of nitrogens with one attached hydrogen (secondary N) is 10. The van der Waals surface area contributed by atoms with Crippen LogP contribution in [0.15, 0.2) is 78.3 Å². The minimum Gasteiger partial charge on any atom is -0.370 e. The highest BCUT2D eigenvalue weighted by Crippen LogP contribution is 2.33. The van der Waals surface area contributed by atoms with Gasteiger partial charge in [0.1, 0.15) is 30.2 Å². The zero-order valence-electron chi connectivity index (χ0n) is 46.2. The summed E-state index contributed by atoms with van der Waals surface area (Å²) in [6.45, 7) is 0.0267. The summed E-state index contributed by atoms with van der Waals surface area (Å²) >= 11 is 1.85. The number of nitrogens with zero attached hydrogens (tertiary/aromatic N) is 3. The van der Waals surface area contributed by atoms with Crippen LogP contribution in [-0.2, 0) is 57.6 Å². The fraction of sp³-hybridized carbons (Fsp3) is 0.509. The van der Waals surface area contributed by atoms with Gasteiger partial charge in [-0.15, -0.1) is 0 Å². The van der Waals surface area contributed by atoms with Gasteiger partial charge in [0.2, 0.25) is 47.3 Å². The Bertz CT molecular complexity index is 2880. The number of unbranched alkanes of at least 4 members (excludes halogenated alkanes) is 3. The number of guanidine groups is 1. The molecule has 3 fully saturated rings. The van der Waals surface area contributed by atoms with E-state index in [-0.39, 0.29) is 93.1 Å². The minimum atomic E-state index is -1.33. The van der Waals surface area contributed by atoms with Crippen LogP contribution in [0, 0.1) is 0 Å². The summed E-state index contributed by atoms with van der Waals surface area (Å²) in [7, 11) is 2.49. The largest absolute Gasteiger partial charge is 0.370 e. The van der Waals surface area contributed by atoms with Crippen molar-refractivity contribution in [2.24, 2.45) is 22.2 Å². The van der Waals surface area contributed by atoms with Gasteiger partial charge in [-0.25, -0.2) is 9.78 Å². The molecular formula is C55H76N16O9S3. The molecule has 83 heavy (non-hydrogen) atoms. The lowest BCUT2D eigenvalue weighted by molar-refractivity contribution is -0.139. The summed E-state index contributed by atoms with van der Waals surface area (Å²) in [5, 5.41) is 24.2. The normalized spacial score (nSPS) is 22.9. The van der Waals surface area contributed by atoms with Crippen LogP contribution in [0.25, 0.3) is 10.9 Å². The zero-order valence-corrected chi connectivity index (χ0v) is 48.6. The number of rotatable bonds is 24. The third-order valence-electron chi connectivity index (χ3n) is 14.4. The first-order valence-corrected chi connectivity index (χ1v) is 31.5. The summed E-state index contributed by atoms with van der Waals surface area (Å²) < 4.78 is 0. The Hall–Kier alpha value is -7.46. The van der Waals surface area contributed by atoms with E-state index in [1.807, 2.05) is 36.0 Å². The first-order chi connectivity index (χ1) is 40.1. The smallest absolute Gasteiger partial charge is 0.315 e. The van der Waals surface area contributed by atoms with E-state index in [4.69, 9.17) is 17.2 Å². The second kappa shape index (κ2) is 32.4. The molecule has 28 heteroatoms. The SMILES string of the molecule is NC(=O)CN1CCSSC[C@H](NC(=O)CCCCCNC(=O)CCCC[C@@H]2SC[C@@H]3NC(=O)N[C@@H]32)C(=O)N[C@@H](Cc2cnc[nH]2)C(=O)N[C@H](Cc2ccccc2)C(=O)N[C@@H](CCCN=C(N)N)C(=O)N[C@@H](Cc2c[nH]c3ccccc23)C1=O. The Kier molecular flexibility index (Phi) is 24.6. The highest BCUT2D eigenvalue weighted by Gasteiger charge is 2.43. The molecule has 25 nitrogen and oxygen atoms in total. The number of carbonyl (C=O) groups excluding carboxylic acids is 9. The van der Waals surface area contributed by atoms with Gasteiger partial charge >= 0.3 is 6.03 Å². The molecular weight excluding hydrogens is 1120 g/mol. The van der Waals surface area contributed by atoms with E-state index in [2.05, 4.69) is 62.5 Å². The van der Waals surface area contributed by atoms with Gasteiger partial charge in [-0.3, -0.25) is 43.3 Å². The fourth-order valence-electron chi connectivity index (χ4n) is 10.1. The van der Waals surface area contributed by atoms with E-state index >= 15 is 0 Å². The molecule has 0 saturated carbocycles. The number of hydrogen-bond donors (Lipinski definition) is 13. The van der Waals surface area contributed by atoms with Crippen LogP contribution in [0.2, 0.25) is 0 Å². The van der Waals surface area contributed by atoms with Crippen molar-refractivity contribution in [2.45, 2.75) is 131 Å². The quantitative estimate of drug-likeness (QED) is 0.0149. The van der Waals surface area contributed by atoms with Crippen molar-refractivity contribution in [1.29, 1.82) is 0 Å². The van der Waals surface area contributed by atoms with Crippen LogP contribution in [0.4, 0.5) is 4.79 Å². The first-order valence-electron chi connectivity index (χ1n) is 28.0. The van der Waals surface area contributed by atoms with Gasteiger partial charge < -0.3 is 74.6 Å². The summed E-state index contributed by atoms with van der Waals surface area (Å²) in [6.07, 6.45) is 9.38. The van der Waals surface area contributed by atoms with Crippen LogP contribution in [-0.4, -0.2) is 170 Å². The second-order valence-electron chi connectivity index (χ2n) is 20.7. The number of hydrogen-bond acceptors (Lipinski definition) is 14. The van der Waals surface area contributed by atoms with Crippen molar-refractivity contribution < 1.29 is 43.2 Å². The molecule has 3 saturated heterocycles. The first kappa shape index (κ1) is 63.1. The molecule has 5 heterocycles. The molecule has 3 aliphatic rings. The molecule has 10 amide bonds. The lowest BCUT2D eigenvalue weighted by atomic mass is 10.0. The Morgan fingerprint density at radius 3 is 2.17 bits per heavy atom. The number of aromatic nitrogens is 3. The van der Waals surface area contributed by atoms with Crippen molar-refractivity contribution in [2.75, 3.05) is 43.4 Å². The molecule has 2 aromatic heterocycles. The molecule has 3 aliphatic heterocycles. The number of urea groups is 1. The van der Waals surface area contributed by atoms with E-state index < -0.39 is 78.1 Å². The Balaban J connectivity index is 1.06. The van der Waals surface area contributed by atoms with Gasteiger partial charge in [0, 0.05) is 103 Å². The molecule has 0 unspecified atom stereocenters. The van der Waals surface area contributed by atoms with Crippen LogP contribution >= 0.6 is 33.3 Å². The highest BCUT2D eigenvalue weighted by molar-refractivity contribution is 8.76.